The van der Waals surface area contributed by atoms with Crippen molar-refractivity contribution in [1.82, 2.24) is 4.98 Å². The first kappa shape index (κ1) is 10.7. The maximum atomic E-state index is 4.44. The molecule has 1 heteroatoms. The Labute approximate surface area is 92.9 Å². The highest BCUT2D eigenvalue weighted by molar-refractivity contribution is 5.08. The monoisotopic (exact) mass is 203 g/mol. The van der Waals surface area contributed by atoms with Crippen molar-refractivity contribution >= 4 is 0 Å². The first-order valence-electron chi connectivity index (χ1n) is 6.27. The summed E-state index contributed by atoms with van der Waals surface area (Å²) in [6, 6.07) is 6.25. The maximum absolute atomic E-state index is 4.44. The van der Waals surface area contributed by atoms with Gasteiger partial charge in [0.25, 0.3) is 0 Å². The number of hydrogen-bond donors (Lipinski definition) is 0. The lowest BCUT2D eigenvalue weighted by Crippen LogP contribution is -2.10. The zero-order valence-electron chi connectivity index (χ0n) is 9.65. The van der Waals surface area contributed by atoms with Gasteiger partial charge < -0.3 is 0 Å². The van der Waals surface area contributed by atoms with Crippen molar-refractivity contribution in [1.29, 1.82) is 0 Å². The van der Waals surface area contributed by atoms with Gasteiger partial charge in [-0.3, -0.25) is 4.98 Å². The van der Waals surface area contributed by atoms with Gasteiger partial charge in [0.05, 0.1) is 0 Å². The largest absolute Gasteiger partial charge is 0.261 e. The summed E-state index contributed by atoms with van der Waals surface area (Å²) in [5, 5.41) is 0. The van der Waals surface area contributed by atoms with Crippen LogP contribution in [0, 0.1) is 5.92 Å². The fraction of sp³-hybridized carbons (Fsp3) is 0.643. The van der Waals surface area contributed by atoms with Crippen LogP contribution in [0.2, 0.25) is 0 Å². The van der Waals surface area contributed by atoms with Crippen LogP contribution in [-0.2, 0) is 0 Å². The van der Waals surface area contributed by atoms with E-state index in [1.165, 1.54) is 44.2 Å². The van der Waals surface area contributed by atoms with E-state index in [0.717, 1.165) is 5.92 Å². The highest BCUT2D eigenvalue weighted by Gasteiger charge is 2.17. The van der Waals surface area contributed by atoms with Gasteiger partial charge in [-0.1, -0.05) is 45.1 Å². The summed E-state index contributed by atoms with van der Waals surface area (Å²) in [7, 11) is 0. The molecule has 0 spiro atoms. The molecule has 1 heterocycles. The molecule has 2 rings (SSSR count). The van der Waals surface area contributed by atoms with Crippen molar-refractivity contribution in [2.75, 3.05) is 0 Å². The molecule has 1 fully saturated rings. The third-order valence-corrected chi connectivity index (χ3v) is 3.60. The fourth-order valence-corrected chi connectivity index (χ4v) is 2.71. The molecule has 0 saturated heterocycles. The molecule has 0 N–H and O–H groups in total. The van der Waals surface area contributed by atoms with Crippen molar-refractivity contribution in [3.63, 3.8) is 0 Å². The first-order valence-corrected chi connectivity index (χ1v) is 6.27. The van der Waals surface area contributed by atoms with E-state index in [4.69, 9.17) is 0 Å². The molecule has 1 aromatic rings. The van der Waals surface area contributed by atoms with Crippen molar-refractivity contribution in [2.45, 2.75) is 51.4 Å². The zero-order valence-corrected chi connectivity index (χ0v) is 9.65. The van der Waals surface area contributed by atoms with Crippen molar-refractivity contribution in [3.8, 4) is 0 Å². The molecule has 1 unspecified atom stereocenters. The minimum Gasteiger partial charge on any atom is -0.261 e. The molecule has 0 amide bonds. The lowest BCUT2D eigenvalue weighted by atomic mass is 9.82. The number of nitrogens with zero attached hydrogens (tertiary/aromatic N) is 1. The summed E-state index contributed by atoms with van der Waals surface area (Å²) in [4.78, 5) is 4.44. The van der Waals surface area contributed by atoms with Crippen molar-refractivity contribution in [2.24, 2.45) is 5.92 Å². The zero-order chi connectivity index (χ0) is 10.5. The Morgan fingerprint density at radius 1 is 1.27 bits per heavy atom. The minimum absolute atomic E-state index is 0.634. The van der Waals surface area contributed by atoms with Crippen LogP contribution >= 0.6 is 0 Å². The topological polar surface area (TPSA) is 12.9 Å². The van der Waals surface area contributed by atoms with Crippen LogP contribution in [0.1, 0.15) is 57.1 Å². The summed E-state index contributed by atoms with van der Waals surface area (Å²) in [6.07, 6.45) is 10.5. The maximum Gasteiger partial charge on any atom is 0.0431 e. The molecule has 1 saturated carbocycles. The Morgan fingerprint density at radius 2 is 2.07 bits per heavy atom. The predicted octanol–water partition coefficient (Wildman–Crippen LogP) is 4.16. The van der Waals surface area contributed by atoms with Gasteiger partial charge in [-0.2, -0.15) is 0 Å². The lowest BCUT2D eigenvalue weighted by molar-refractivity contribution is 0.321. The highest BCUT2D eigenvalue weighted by Crippen LogP contribution is 2.31. The summed E-state index contributed by atoms with van der Waals surface area (Å²) in [5.41, 5.74) is 1.27. The molecule has 0 aromatic carbocycles. The molecular weight excluding hydrogens is 182 g/mol. The molecule has 1 aliphatic carbocycles. The van der Waals surface area contributed by atoms with Gasteiger partial charge in [0.15, 0.2) is 0 Å². The minimum atomic E-state index is 0.634. The predicted molar refractivity (Wildman–Crippen MR) is 63.8 cm³/mol. The van der Waals surface area contributed by atoms with Crippen LogP contribution < -0.4 is 0 Å². The van der Waals surface area contributed by atoms with Crippen molar-refractivity contribution in [3.05, 3.63) is 30.1 Å². The van der Waals surface area contributed by atoms with Gasteiger partial charge in [-0.15, -0.1) is 0 Å². The van der Waals surface area contributed by atoms with E-state index < -0.39 is 0 Å². The van der Waals surface area contributed by atoms with Crippen molar-refractivity contribution < 1.29 is 0 Å². The summed E-state index contributed by atoms with van der Waals surface area (Å²) < 4.78 is 0. The highest BCUT2D eigenvalue weighted by atomic mass is 14.7. The second-order valence-electron chi connectivity index (χ2n) is 4.90. The van der Waals surface area contributed by atoms with E-state index in [2.05, 4.69) is 24.0 Å². The molecular formula is C14H21N. The van der Waals surface area contributed by atoms with Crippen LogP contribution in [0.5, 0.6) is 0 Å². The summed E-state index contributed by atoms with van der Waals surface area (Å²) >= 11 is 0. The number of aromatic nitrogens is 1. The number of pyridine rings is 1. The molecule has 0 radical (unpaired) electrons. The Bertz CT molecular complexity index is 275. The van der Waals surface area contributed by atoms with E-state index in [9.17, 15) is 0 Å². The average molecular weight is 203 g/mol. The molecule has 0 aliphatic heterocycles. The normalized spacial score (nSPS) is 20.1. The van der Waals surface area contributed by atoms with E-state index in [-0.39, 0.29) is 0 Å². The van der Waals surface area contributed by atoms with E-state index in [1.54, 1.807) is 0 Å². The molecule has 0 bridgehead atoms. The third kappa shape index (κ3) is 3.05. The SMILES string of the molecule is CC(CC1CCCCC1)c1ccccn1. The quantitative estimate of drug-likeness (QED) is 0.719. The molecule has 1 aromatic heterocycles. The average Bonchev–Trinajstić information content (AvgIpc) is 2.31. The van der Waals surface area contributed by atoms with Crippen LogP contribution in [0.25, 0.3) is 0 Å². The smallest absolute Gasteiger partial charge is 0.0431 e. The Morgan fingerprint density at radius 3 is 2.73 bits per heavy atom. The molecule has 1 aliphatic rings. The van der Waals surface area contributed by atoms with E-state index in [0.29, 0.717) is 5.92 Å². The Balaban J connectivity index is 1.88. The van der Waals surface area contributed by atoms with Crippen LogP contribution in [0.4, 0.5) is 0 Å². The molecule has 82 valence electrons. The number of rotatable bonds is 3. The van der Waals surface area contributed by atoms with Gasteiger partial charge >= 0.3 is 0 Å². The fourth-order valence-electron chi connectivity index (χ4n) is 2.71. The molecule has 1 nitrogen and oxygen atoms in total. The van der Waals surface area contributed by atoms with Gasteiger partial charge in [0, 0.05) is 11.9 Å². The van der Waals surface area contributed by atoms with Crippen LogP contribution in [0.15, 0.2) is 24.4 Å². The van der Waals surface area contributed by atoms with Crippen LogP contribution in [-0.4, -0.2) is 4.98 Å². The Kier molecular flexibility index (Phi) is 3.76. The Hall–Kier alpha value is -0.850. The first-order chi connectivity index (χ1) is 7.36. The summed E-state index contributed by atoms with van der Waals surface area (Å²) in [6.45, 7) is 2.32. The third-order valence-electron chi connectivity index (χ3n) is 3.60. The lowest BCUT2D eigenvalue weighted by Gasteiger charge is -2.24. The molecule has 1 atom stereocenters. The van der Waals surface area contributed by atoms with Gasteiger partial charge in [0.1, 0.15) is 0 Å². The van der Waals surface area contributed by atoms with Gasteiger partial charge in [-0.05, 0) is 30.4 Å². The second kappa shape index (κ2) is 5.29. The van der Waals surface area contributed by atoms with Crippen LogP contribution in [0.3, 0.4) is 0 Å². The number of hydrogen-bond acceptors (Lipinski definition) is 1. The van der Waals surface area contributed by atoms with Gasteiger partial charge in [0.2, 0.25) is 0 Å². The summed E-state index contributed by atoms with van der Waals surface area (Å²) in [5.74, 6) is 1.59. The van der Waals surface area contributed by atoms with E-state index >= 15 is 0 Å². The second-order valence-corrected chi connectivity index (χ2v) is 4.90. The van der Waals surface area contributed by atoms with Gasteiger partial charge in [-0.25, -0.2) is 0 Å². The van der Waals surface area contributed by atoms with E-state index in [1.807, 2.05) is 12.3 Å². The standard InChI is InChI=1S/C14H21N/c1-12(14-9-5-6-10-15-14)11-13-7-3-2-4-8-13/h5-6,9-10,12-13H,2-4,7-8,11H2,1H3. The molecule has 15 heavy (non-hydrogen) atoms.